The average molecular weight is 235 g/mol. The Morgan fingerprint density at radius 2 is 2.12 bits per heavy atom. The predicted molar refractivity (Wildman–Crippen MR) is 69.2 cm³/mol. The molecule has 0 bridgehead atoms. The van der Waals surface area contributed by atoms with Crippen molar-refractivity contribution in [3.63, 3.8) is 0 Å². The van der Waals surface area contributed by atoms with Crippen molar-refractivity contribution in [3.8, 4) is 0 Å². The molecule has 0 saturated carbocycles. The quantitative estimate of drug-likeness (QED) is 0.855. The number of nitrogens with zero attached hydrogens (tertiary/aromatic N) is 2. The van der Waals surface area contributed by atoms with Crippen LogP contribution in [0.25, 0.3) is 0 Å². The van der Waals surface area contributed by atoms with Crippen molar-refractivity contribution in [3.05, 3.63) is 23.9 Å². The van der Waals surface area contributed by atoms with Crippen LogP contribution in [-0.2, 0) is 11.2 Å². The zero-order valence-electron chi connectivity index (χ0n) is 10.6. The van der Waals surface area contributed by atoms with E-state index in [1.54, 1.807) is 0 Å². The number of hydrogen-bond donors (Lipinski definition) is 1. The van der Waals surface area contributed by atoms with Crippen LogP contribution in [0.1, 0.15) is 19.4 Å². The van der Waals surface area contributed by atoms with Gasteiger partial charge in [0.1, 0.15) is 5.82 Å². The summed E-state index contributed by atoms with van der Waals surface area (Å²) in [6.45, 7) is 6.68. The lowest BCUT2D eigenvalue weighted by Crippen LogP contribution is -2.46. The van der Waals surface area contributed by atoms with Gasteiger partial charge in [0, 0.05) is 19.3 Å². The molecule has 0 radical (unpaired) electrons. The summed E-state index contributed by atoms with van der Waals surface area (Å²) in [6, 6.07) is 4.09. The third-order valence-electron chi connectivity index (χ3n) is 3.00. The first-order valence-electron chi connectivity index (χ1n) is 6.25. The molecule has 4 nitrogen and oxygen atoms in total. The van der Waals surface area contributed by atoms with Crippen molar-refractivity contribution in [2.75, 3.05) is 24.5 Å². The van der Waals surface area contributed by atoms with E-state index in [-0.39, 0.29) is 12.2 Å². The third kappa shape index (κ3) is 2.96. The normalized spacial score (nSPS) is 25.0. The minimum absolute atomic E-state index is 0.256. The number of anilines is 1. The van der Waals surface area contributed by atoms with Crippen LogP contribution in [-0.4, -0.2) is 36.8 Å². The lowest BCUT2D eigenvalue weighted by atomic mass is 10.1. The molecule has 94 valence electrons. The maximum absolute atomic E-state index is 5.74. The lowest BCUT2D eigenvalue weighted by Gasteiger charge is -2.36. The van der Waals surface area contributed by atoms with Crippen molar-refractivity contribution in [2.24, 2.45) is 5.73 Å². The van der Waals surface area contributed by atoms with Gasteiger partial charge in [0.2, 0.25) is 0 Å². The minimum Gasteiger partial charge on any atom is -0.372 e. The Balaban J connectivity index is 2.20. The molecular weight excluding hydrogens is 214 g/mol. The highest BCUT2D eigenvalue weighted by molar-refractivity contribution is 5.47. The fourth-order valence-corrected chi connectivity index (χ4v) is 2.42. The molecule has 1 aromatic heterocycles. The molecule has 2 atom stereocenters. The van der Waals surface area contributed by atoms with Gasteiger partial charge in [0.25, 0.3) is 0 Å². The van der Waals surface area contributed by atoms with Crippen molar-refractivity contribution < 1.29 is 4.74 Å². The lowest BCUT2D eigenvalue weighted by molar-refractivity contribution is -0.00550. The van der Waals surface area contributed by atoms with E-state index in [0.29, 0.717) is 6.54 Å². The summed E-state index contributed by atoms with van der Waals surface area (Å²) in [5, 5.41) is 0. The molecule has 2 heterocycles. The first-order chi connectivity index (χ1) is 8.20. The Kier molecular flexibility index (Phi) is 3.97. The van der Waals surface area contributed by atoms with Crippen molar-refractivity contribution >= 4 is 5.82 Å². The molecule has 0 amide bonds. The second-order valence-electron chi connectivity index (χ2n) is 4.69. The summed E-state index contributed by atoms with van der Waals surface area (Å²) in [6.07, 6.45) is 3.24. The van der Waals surface area contributed by atoms with E-state index in [1.165, 1.54) is 5.56 Å². The van der Waals surface area contributed by atoms with E-state index in [2.05, 4.69) is 29.8 Å². The summed E-state index contributed by atoms with van der Waals surface area (Å²) >= 11 is 0. The van der Waals surface area contributed by atoms with Crippen molar-refractivity contribution in [2.45, 2.75) is 32.5 Å². The highest BCUT2D eigenvalue weighted by Gasteiger charge is 2.24. The standard InChI is InChI=1S/C13H21N3O/c1-10-8-16(9-11(2)17-10)13-12(5-6-14)4-3-7-15-13/h3-4,7,10-11H,5-6,8-9,14H2,1-2H3. The van der Waals surface area contributed by atoms with Crippen LogP contribution in [0.15, 0.2) is 18.3 Å². The topological polar surface area (TPSA) is 51.4 Å². The van der Waals surface area contributed by atoms with Gasteiger partial charge in [-0.25, -0.2) is 4.98 Å². The minimum atomic E-state index is 0.256. The molecule has 1 aliphatic heterocycles. The van der Waals surface area contributed by atoms with E-state index in [0.717, 1.165) is 25.3 Å². The SMILES string of the molecule is CC1CN(c2ncccc2CCN)CC(C)O1. The molecule has 0 spiro atoms. The molecular formula is C13H21N3O. The summed E-state index contributed by atoms with van der Waals surface area (Å²) in [4.78, 5) is 6.81. The van der Waals surface area contributed by atoms with Crippen LogP contribution in [0.3, 0.4) is 0 Å². The molecule has 0 aromatic carbocycles. The van der Waals surface area contributed by atoms with Gasteiger partial charge in [-0.1, -0.05) is 6.07 Å². The van der Waals surface area contributed by atoms with Crippen LogP contribution in [0.2, 0.25) is 0 Å². The van der Waals surface area contributed by atoms with Crippen molar-refractivity contribution in [1.82, 2.24) is 4.98 Å². The number of rotatable bonds is 3. The van der Waals surface area contributed by atoms with Gasteiger partial charge in [-0.2, -0.15) is 0 Å². The monoisotopic (exact) mass is 235 g/mol. The maximum Gasteiger partial charge on any atom is 0.131 e. The van der Waals surface area contributed by atoms with Gasteiger partial charge < -0.3 is 15.4 Å². The zero-order chi connectivity index (χ0) is 12.3. The van der Waals surface area contributed by atoms with Crippen LogP contribution in [0.5, 0.6) is 0 Å². The summed E-state index contributed by atoms with van der Waals surface area (Å²) < 4.78 is 5.74. The Labute approximate surface area is 103 Å². The van der Waals surface area contributed by atoms with E-state index in [9.17, 15) is 0 Å². The predicted octanol–water partition coefficient (Wildman–Crippen LogP) is 1.20. The molecule has 1 aliphatic rings. The number of hydrogen-bond acceptors (Lipinski definition) is 4. The maximum atomic E-state index is 5.74. The first-order valence-corrected chi connectivity index (χ1v) is 6.25. The second-order valence-corrected chi connectivity index (χ2v) is 4.69. The smallest absolute Gasteiger partial charge is 0.131 e. The van der Waals surface area contributed by atoms with E-state index in [1.807, 2.05) is 12.3 Å². The van der Waals surface area contributed by atoms with E-state index >= 15 is 0 Å². The first kappa shape index (κ1) is 12.3. The summed E-state index contributed by atoms with van der Waals surface area (Å²) in [5.74, 6) is 1.07. The van der Waals surface area contributed by atoms with Crippen LogP contribution in [0.4, 0.5) is 5.82 Å². The van der Waals surface area contributed by atoms with E-state index in [4.69, 9.17) is 10.5 Å². The number of nitrogens with two attached hydrogens (primary N) is 1. The van der Waals surface area contributed by atoms with Crippen molar-refractivity contribution in [1.29, 1.82) is 0 Å². The highest BCUT2D eigenvalue weighted by atomic mass is 16.5. The Morgan fingerprint density at radius 3 is 2.76 bits per heavy atom. The molecule has 0 aliphatic carbocycles. The summed E-state index contributed by atoms with van der Waals surface area (Å²) in [5.41, 5.74) is 6.88. The largest absolute Gasteiger partial charge is 0.372 e. The molecule has 1 fully saturated rings. The van der Waals surface area contributed by atoms with E-state index < -0.39 is 0 Å². The second kappa shape index (κ2) is 5.47. The number of ether oxygens (including phenoxy) is 1. The van der Waals surface area contributed by atoms with Gasteiger partial charge in [-0.3, -0.25) is 0 Å². The Bertz CT molecular complexity index is 359. The van der Waals surface area contributed by atoms with Gasteiger partial charge in [-0.15, -0.1) is 0 Å². The molecule has 17 heavy (non-hydrogen) atoms. The van der Waals surface area contributed by atoms with Gasteiger partial charge in [-0.05, 0) is 38.4 Å². The number of pyridine rings is 1. The fourth-order valence-electron chi connectivity index (χ4n) is 2.42. The van der Waals surface area contributed by atoms with Crippen LogP contribution >= 0.6 is 0 Å². The van der Waals surface area contributed by atoms with Crippen LogP contribution < -0.4 is 10.6 Å². The Hall–Kier alpha value is -1.13. The zero-order valence-corrected chi connectivity index (χ0v) is 10.6. The summed E-state index contributed by atoms with van der Waals surface area (Å²) in [7, 11) is 0. The van der Waals surface area contributed by atoms with Gasteiger partial charge in [0.05, 0.1) is 12.2 Å². The molecule has 2 rings (SSSR count). The van der Waals surface area contributed by atoms with Crippen LogP contribution in [0, 0.1) is 0 Å². The molecule has 1 aromatic rings. The fraction of sp³-hybridized carbons (Fsp3) is 0.615. The average Bonchev–Trinajstić information content (AvgIpc) is 2.29. The molecule has 2 N–H and O–H groups in total. The number of morpholine rings is 1. The highest BCUT2D eigenvalue weighted by Crippen LogP contribution is 2.22. The van der Waals surface area contributed by atoms with Gasteiger partial charge in [0.15, 0.2) is 0 Å². The third-order valence-corrected chi connectivity index (χ3v) is 3.00. The molecule has 4 heteroatoms. The molecule has 1 saturated heterocycles. The Morgan fingerprint density at radius 1 is 1.41 bits per heavy atom. The molecule has 2 unspecified atom stereocenters. The van der Waals surface area contributed by atoms with Gasteiger partial charge >= 0.3 is 0 Å². The number of aromatic nitrogens is 1.